The minimum Gasteiger partial charge on any atom is -0.333 e. The largest absolute Gasteiger partial charge is 0.333 e. The maximum Gasteiger partial charge on any atom is 0.226 e. The molecule has 0 saturated carbocycles. The lowest BCUT2D eigenvalue weighted by Gasteiger charge is -2.31. The lowest BCUT2D eigenvalue weighted by atomic mass is 9.93. The average molecular weight is 274 g/mol. The molecule has 1 aromatic heterocycles. The maximum atomic E-state index is 12.5. The van der Waals surface area contributed by atoms with Crippen molar-refractivity contribution in [2.24, 2.45) is 5.92 Å². The van der Waals surface area contributed by atoms with E-state index in [0.29, 0.717) is 12.5 Å². The van der Waals surface area contributed by atoms with E-state index in [-0.39, 0.29) is 11.8 Å². The fraction of sp³-hybridized carbons (Fsp3) is 0.667. The molecule has 1 aromatic rings. The first-order valence-electron chi connectivity index (χ1n) is 7.52. The Hall–Kier alpha value is -1.65. The number of carbonyl (C=O) groups is 1. The van der Waals surface area contributed by atoms with Gasteiger partial charge in [0.15, 0.2) is 5.82 Å². The first-order chi connectivity index (χ1) is 9.66. The molecule has 3 rings (SSSR count). The second-order valence-corrected chi connectivity index (χ2v) is 6.02. The van der Waals surface area contributed by atoms with Crippen LogP contribution in [0.15, 0.2) is 12.2 Å². The molecule has 0 unspecified atom stereocenters. The second-order valence-electron chi connectivity index (χ2n) is 6.02. The lowest BCUT2D eigenvalue weighted by Crippen LogP contribution is -2.42. The van der Waals surface area contributed by atoms with Gasteiger partial charge in [0.2, 0.25) is 5.91 Å². The highest BCUT2D eigenvalue weighted by Crippen LogP contribution is 2.24. The molecule has 1 aliphatic carbocycles. The van der Waals surface area contributed by atoms with Crippen LogP contribution in [0.3, 0.4) is 0 Å². The number of amides is 1. The van der Waals surface area contributed by atoms with Crippen molar-refractivity contribution in [1.82, 2.24) is 19.7 Å². The number of nitrogens with zero attached hydrogens (tertiary/aromatic N) is 4. The van der Waals surface area contributed by atoms with Gasteiger partial charge in [-0.1, -0.05) is 26.0 Å². The molecule has 20 heavy (non-hydrogen) atoms. The van der Waals surface area contributed by atoms with E-state index in [1.165, 1.54) is 0 Å². The van der Waals surface area contributed by atoms with Crippen LogP contribution in [0.1, 0.15) is 50.7 Å². The summed E-state index contributed by atoms with van der Waals surface area (Å²) in [6, 6.07) is 0. The Bertz CT molecular complexity index is 532. The molecular weight excluding hydrogens is 252 g/mol. The van der Waals surface area contributed by atoms with E-state index in [0.717, 1.165) is 44.0 Å². The lowest BCUT2D eigenvalue weighted by molar-refractivity contribution is -0.137. The molecular formula is C15H22N4O. The Morgan fingerprint density at radius 3 is 2.85 bits per heavy atom. The van der Waals surface area contributed by atoms with Crippen LogP contribution in [0.2, 0.25) is 0 Å². The van der Waals surface area contributed by atoms with Crippen LogP contribution in [0.5, 0.6) is 0 Å². The standard InChI is InChI=1S/C15H22N4O/c1-11(2)14-17-16-13-10-18(8-9-19(13)14)15(20)12-6-4-3-5-7-12/h3-4,11-12H,5-10H2,1-2H3/t12-/m1/s1. The third-order valence-electron chi connectivity index (χ3n) is 4.23. The molecule has 5 nitrogen and oxygen atoms in total. The van der Waals surface area contributed by atoms with Crippen molar-refractivity contribution >= 4 is 5.91 Å². The molecule has 2 aliphatic rings. The highest BCUT2D eigenvalue weighted by molar-refractivity contribution is 5.79. The fourth-order valence-electron chi connectivity index (χ4n) is 3.07. The number of fused-ring (bicyclic) bond motifs is 1. The molecule has 0 spiro atoms. The van der Waals surface area contributed by atoms with Crippen LogP contribution in [0.4, 0.5) is 0 Å². The molecule has 1 aliphatic heterocycles. The number of carbonyl (C=O) groups excluding carboxylic acids is 1. The molecule has 0 aromatic carbocycles. The Balaban J connectivity index is 1.72. The van der Waals surface area contributed by atoms with Crippen molar-refractivity contribution in [3.05, 3.63) is 23.8 Å². The molecule has 1 atom stereocenters. The third-order valence-corrected chi connectivity index (χ3v) is 4.23. The summed E-state index contributed by atoms with van der Waals surface area (Å²) in [4.78, 5) is 14.5. The van der Waals surface area contributed by atoms with Crippen LogP contribution in [-0.4, -0.2) is 32.1 Å². The van der Waals surface area contributed by atoms with Crippen molar-refractivity contribution in [2.45, 2.75) is 52.1 Å². The maximum absolute atomic E-state index is 12.5. The molecule has 2 heterocycles. The molecule has 1 amide bonds. The van der Waals surface area contributed by atoms with Crippen molar-refractivity contribution in [3.8, 4) is 0 Å². The summed E-state index contributed by atoms with van der Waals surface area (Å²) < 4.78 is 2.18. The fourth-order valence-corrected chi connectivity index (χ4v) is 3.07. The first kappa shape index (κ1) is 13.3. The predicted octanol–water partition coefficient (Wildman–Crippen LogP) is 2.10. The van der Waals surface area contributed by atoms with E-state index < -0.39 is 0 Å². The molecule has 0 bridgehead atoms. The van der Waals surface area contributed by atoms with Gasteiger partial charge < -0.3 is 9.47 Å². The third kappa shape index (κ3) is 2.37. The molecule has 0 radical (unpaired) electrons. The van der Waals surface area contributed by atoms with Crippen molar-refractivity contribution in [1.29, 1.82) is 0 Å². The van der Waals surface area contributed by atoms with Crippen molar-refractivity contribution in [2.75, 3.05) is 6.54 Å². The Morgan fingerprint density at radius 1 is 1.30 bits per heavy atom. The number of aromatic nitrogens is 3. The van der Waals surface area contributed by atoms with Gasteiger partial charge in [0.1, 0.15) is 5.82 Å². The summed E-state index contributed by atoms with van der Waals surface area (Å²) in [6.45, 7) is 6.47. The normalized spacial score (nSPS) is 22.1. The van der Waals surface area contributed by atoms with Crippen LogP contribution >= 0.6 is 0 Å². The molecule has 0 fully saturated rings. The van der Waals surface area contributed by atoms with Crippen molar-refractivity contribution < 1.29 is 4.79 Å². The topological polar surface area (TPSA) is 51.0 Å². The zero-order chi connectivity index (χ0) is 14.1. The zero-order valence-corrected chi connectivity index (χ0v) is 12.2. The van der Waals surface area contributed by atoms with Crippen LogP contribution in [-0.2, 0) is 17.9 Å². The summed E-state index contributed by atoms with van der Waals surface area (Å²) >= 11 is 0. The van der Waals surface area contributed by atoms with Crippen LogP contribution in [0, 0.1) is 5.92 Å². The Kier molecular flexibility index (Phi) is 3.59. The number of hydrogen-bond donors (Lipinski definition) is 0. The van der Waals surface area contributed by atoms with Gasteiger partial charge in [-0.3, -0.25) is 4.79 Å². The van der Waals surface area contributed by atoms with E-state index in [1.54, 1.807) is 0 Å². The van der Waals surface area contributed by atoms with Crippen molar-refractivity contribution in [3.63, 3.8) is 0 Å². The van der Waals surface area contributed by atoms with Gasteiger partial charge in [0.05, 0.1) is 6.54 Å². The summed E-state index contributed by atoms with van der Waals surface area (Å²) in [7, 11) is 0. The highest BCUT2D eigenvalue weighted by Gasteiger charge is 2.29. The van der Waals surface area contributed by atoms with Gasteiger partial charge in [-0.2, -0.15) is 0 Å². The molecule has 0 N–H and O–H groups in total. The first-order valence-corrected chi connectivity index (χ1v) is 7.52. The van der Waals surface area contributed by atoms with E-state index in [2.05, 4.69) is 40.8 Å². The van der Waals surface area contributed by atoms with Gasteiger partial charge in [-0.25, -0.2) is 0 Å². The summed E-state index contributed by atoms with van der Waals surface area (Å²) in [5, 5.41) is 8.53. The van der Waals surface area contributed by atoms with Gasteiger partial charge in [-0.15, -0.1) is 10.2 Å². The van der Waals surface area contributed by atoms with Gasteiger partial charge in [0.25, 0.3) is 0 Å². The van der Waals surface area contributed by atoms with Gasteiger partial charge >= 0.3 is 0 Å². The van der Waals surface area contributed by atoms with E-state index in [4.69, 9.17) is 0 Å². The molecule has 5 heteroatoms. The minimum absolute atomic E-state index is 0.166. The van der Waals surface area contributed by atoms with Gasteiger partial charge in [-0.05, 0) is 19.3 Å². The number of hydrogen-bond acceptors (Lipinski definition) is 3. The second kappa shape index (κ2) is 5.38. The summed E-state index contributed by atoms with van der Waals surface area (Å²) in [6.07, 6.45) is 7.20. The highest BCUT2D eigenvalue weighted by atomic mass is 16.2. The quantitative estimate of drug-likeness (QED) is 0.776. The molecule has 0 saturated heterocycles. The van der Waals surface area contributed by atoms with Crippen LogP contribution < -0.4 is 0 Å². The summed E-state index contributed by atoms with van der Waals surface area (Å²) in [5.41, 5.74) is 0. The Labute approximate surface area is 119 Å². The van der Waals surface area contributed by atoms with Crippen LogP contribution in [0.25, 0.3) is 0 Å². The van der Waals surface area contributed by atoms with E-state index in [1.807, 2.05) is 4.90 Å². The average Bonchev–Trinajstić information content (AvgIpc) is 2.90. The molecule has 108 valence electrons. The zero-order valence-electron chi connectivity index (χ0n) is 12.2. The number of rotatable bonds is 2. The smallest absolute Gasteiger partial charge is 0.226 e. The Morgan fingerprint density at radius 2 is 2.15 bits per heavy atom. The SMILES string of the molecule is CC(C)c1nnc2n1CCN(C(=O)[C@@H]1CC=CCC1)C2. The van der Waals surface area contributed by atoms with E-state index in [9.17, 15) is 4.79 Å². The summed E-state index contributed by atoms with van der Waals surface area (Å²) in [5.74, 6) is 2.79. The van der Waals surface area contributed by atoms with E-state index >= 15 is 0 Å². The monoisotopic (exact) mass is 274 g/mol. The van der Waals surface area contributed by atoms with Gasteiger partial charge in [0, 0.05) is 24.9 Å². The number of allylic oxidation sites excluding steroid dienone is 2. The minimum atomic E-state index is 0.166. The predicted molar refractivity (Wildman–Crippen MR) is 76.0 cm³/mol.